The highest BCUT2D eigenvalue weighted by Crippen LogP contribution is 2.36. The molecule has 0 saturated heterocycles. The molecule has 0 heterocycles. The molecule has 2 rings (SSSR count). The molecule has 0 unspecified atom stereocenters. The average Bonchev–Trinajstić information content (AvgIpc) is 2.35. The lowest BCUT2D eigenvalue weighted by molar-refractivity contribution is 0.872. The molecule has 2 aromatic rings. The quantitative estimate of drug-likeness (QED) is 0.793. The molecule has 2 N–H and O–H groups in total. The van der Waals surface area contributed by atoms with Gasteiger partial charge < -0.3 is 5.73 Å². The van der Waals surface area contributed by atoms with E-state index in [0.29, 0.717) is 31.2 Å². The third-order valence-electron chi connectivity index (χ3n) is 2.63. The monoisotopic (exact) mass is 319 g/mol. The zero-order chi connectivity index (χ0) is 13.3. The summed E-state index contributed by atoms with van der Waals surface area (Å²) in [7, 11) is 0. The summed E-state index contributed by atoms with van der Waals surface area (Å²) < 4.78 is 0. The van der Waals surface area contributed by atoms with E-state index in [9.17, 15) is 0 Å². The fourth-order valence-corrected chi connectivity index (χ4v) is 2.54. The second kappa shape index (κ2) is 5.68. The second-order valence-electron chi connectivity index (χ2n) is 3.76. The Balaban J connectivity index is 2.51. The molecule has 0 aliphatic heterocycles. The fraction of sp³-hybridized carbons (Fsp3) is 0.0769. The second-order valence-corrected chi connectivity index (χ2v) is 5.33. The molecule has 0 fully saturated rings. The van der Waals surface area contributed by atoms with Gasteiger partial charge in [0.25, 0.3) is 0 Å². The smallest absolute Gasteiger partial charge is 0.0643 e. The summed E-state index contributed by atoms with van der Waals surface area (Å²) in [5.74, 6) is 0. The highest BCUT2D eigenvalue weighted by Gasteiger charge is 2.17. The van der Waals surface area contributed by atoms with Crippen LogP contribution in [0.5, 0.6) is 0 Å². The van der Waals surface area contributed by atoms with E-state index in [1.807, 2.05) is 12.1 Å². The zero-order valence-electron chi connectivity index (χ0n) is 9.13. The predicted octanol–water partition coefficient (Wildman–Crippen LogP) is 5.35. The number of benzene rings is 2. The number of hydrogen-bond donors (Lipinski definition) is 1. The molecular formula is C13H9Cl4N. The van der Waals surface area contributed by atoms with Gasteiger partial charge in [-0.3, -0.25) is 0 Å². The van der Waals surface area contributed by atoms with E-state index in [4.69, 9.17) is 52.1 Å². The summed E-state index contributed by atoms with van der Waals surface area (Å²) in [6.45, 7) is 0. The SMILES string of the molecule is NC(c1cccc(Cl)c1Cl)c1cccc(Cl)c1Cl. The molecule has 94 valence electrons. The van der Waals surface area contributed by atoms with Crippen molar-refractivity contribution in [2.24, 2.45) is 5.73 Å². The van der Waals surface area contributed by atoms with Crippen LogP contribution in [0.25, 0.3) is 0 Å². The Bertz CT molecular complexity index is 532. The maximum absolute atomic E-state index is 6.17. The van der Waals surface area contributed by atoms with Crippen molar-refractivity contribution in [1.82, 2.24) is 0 Å². The number of nitrogens with two attached hydrogens (primary N) is 1. The first kappa shape index (κ1) is 14.0. The number of hydrogen-bond acceptors (Lipinski definition) is 1. The van der Waals surface area contributed by atoms with Gasteiger partial charge in [-0.1, -0.05) is 70.7 Å². The van der Waals surface area contributed by atoms with Crippen molar-refractivity contribution in [2.75, 3.05) is 0 Å². The van der Waals surface area contributed by atoms with Gasteiger partial charge in [-0.2, -0.15) is 0 Å². The van der Waals surface area contributed by atoms with Crippen molar-refractivity contribution in [3.05, 3.63) is 67.6 Å². The van der Waals surface area contributed by atoms with Crippen LogP contribution in [0.3, 0.4) is 0 Å². The molecule has 0 spiro atoms. The van der Waals surface area contributed by atoms with E-state index in [2.05, 4.69) is 0 Å². The molecule has 0 aliphatic carbocycles. The van der Waals surface area contributed by atoms with Crippen LogP contribution >= 0.6 is 46.4 Å². The first-order chi connectivity index (χ1) is 8.52. The van der Waals surface area contributed by atoms with Crippen LogP contribution in [0, 0.1) is 0 Å². The lowest BCUT2D eigenvalue weighted by Crippen LogP contribution is -2.13. The largest absolute Gasteiger partial charge is 0.320 e. The Labute approximate surface area is 125 Å². The van der Waals surface area contributed by atoms with E-state index in [-0.39, 0.29) is 0 Å². The van der Waals surface area contributed by atoms with Gasteiger partial charge in [0, 0.05) is 0 Å². The van der Waals surface area contributed by atoms with E-state index in [1.165, 1.54) is 0 Å². The standard InChI is InChI=1S/C13H9Cl4N/c14-9-5-1-3-7(11(9)16)13(18)8-4-2-6-10(15)12(8)17/h1-6,13H,18H2. The average molecular weight is 321 g/mol. The summed E-state index contributed by atoms with van der Waals surface area (Å²) in [4.78, 5) is 0. The number of halogens is 4. The van der Waals surface area contributed by atoms with Crippen molar-refractivity contribution in [3.8, 4) is 0 Å². The lowest BCUT2D eigenvalue weighted by atomic mass is 9.99. The summed E-state index contributed by atoms with van der Waals surface area (Å²) in [5.41, 5.74) is 7.60. The molecule has 0 saturated carbocycles. The molecule has 18 heavy (non-hydrogen) atoms. The van der Waals surface area contributed by atoms with Gasteiger partial charge in [-0.15, -0.1) is 0 Å². The van der Waals surface area contributed by atoms with Gasteiger partial charge in [0.05, 0.1) is 26.1 Å². The van der Waals surface area contributed by atoms with E-state index in [1.54, 1.807) is 24.3 Å². The van der Waals surface area contributed by atoms with Crippen LogP contribution < -0.4 is 5.73 Å². The zero-order valence-corrected chi connectivity index (χ0v) is 12.2. The maximum atomic E-state index is 6.17. The van der Waals surface area contributed by atoms with Gasteiger partial charge in [0.15, 0.2) is 0 Å². The summed E-state index contributed by atoms with van der Waals surface area (Å²) >= 11 is 24.2. The van der Waals surface area contributed by atoms with Crippen molar-refractivity contribution >= 4 is 46.4 Å². The summed E-state index contributed by atoms with van der Waals surface area (Å²) in [5, 5.41) is 1.79. The first-order valence-electron chi connectivity index (χ1n) is 5.15. The molecule has 0 bridgehead atoms. The molecule has 2 aromatic carbocycles. The molecular weight excluding hydrogens is 312 g/mol. The molecule has 1 nitrogen and oxygen atoms in total. The van der Waals surface area contributed by atoms with Crippen molar-refractivity contribution in [1.29, 1.82) is 0 Å². The minimum absolute atomic E-state index is 0.433. The highest BCUT2D eigenvalue weighted by molar-refractivity contribution is 6.43. The normalized spacial score (nSPS) is 11.0. The van der Waals surface area contributed by atoms with Gasteiger partial charge in [-0.05, 0) is 23.3 Å². The molecule has 0 aromatic heterocycles. The maximum Gasteiger partial charge on any atom is 0.0643 e. The van der Waals surface area contributed by atoms with Crippen molar-refractivity contribution < 1.29 is 0 Å². The lowest BCUT2D eigenvalue weighted by Gasteiger charge is -2.16. The Morgan fingerprint density at radius 2 is 1.11 bits per heavy atom. The topological polar surface area (TPSA) is 26.0 Å². The Morgan fingerprint density at radius 1 is 0.722 bits per heavy atom. The molecule has 0 aliphatic rings. The number of rotatable bonds is 2. The molecule has 0 amide bonds. The van der Waals surface area contributed by atoms with Crippen LogP contribution in [0.1, 0.15) is 17.2 Å². The van der Waals surface area contributed by atoms with Crippen LogP contribution in [0.15, 0.2) is 36.4 Å². The minimum atomic E-state index is -0.470. The van der Waals surface area contributed by atoms with Crippen LogP contribution in [0.2, 0.25) is 20.1 Å². The van der Waals surface area contributed by atoms with Crippen LogP contribution in [-0.2, 0) is 0 Å². The van der Waals surface area contributed by atoms with Gasteiger partial charge in [-0.25, -0.2) is 0 Å². The minimum Gasteiger partial charge on any atom is -0.320 e. The van der Waals surface area contributed by atoms with Crippen molar-refractivity contribution in [2.45, 2.75) is 6.04 Å². The first-order valence-corrected chi connectivity index (χ1v) is 6.67. The third kappa shape index (κ3) is 2.61. The Morgan fingerprint density at radius 3 is 1.50 bits per heavy atom. The molecule has 5 heteroatoms. The van der Waals surface area contributed by atoms with Crippen LogP contribution in [-0.4, -0.2) is 0 Å². The molecule has 0 radical (unpaired) electrons. The Hall–Kier alpha value is -0.440. The van der Waals surface area contributed by atoms with Gasteiger partial charge >= 0.3 is 0 Å². The van der Waals surface area contributed by atoms with Gasteiger partial charge in [0.2, 0.25) is 0 Å². The molecule has 0 atom stereocenters. The summed E-state index contributed by atoms with van der Waals surface area (Å²) in [6.07, 6.45) is 0. The van der Waals surface area contributed by atoms with Crippen molar-refractivity contribution in [3.63, 3.8) is 0 Å². The predicted molar refractivity (Wildman–Crippen MR) is 79.0 cm³/mol. The van der Waals surface area contributed by atoms with E-state index < -0.39 is 6.04 Å². The van der Waals surface area contributed by atoms with E-state index in [0.717, 1.165) is 0 Å². The highest BCUT2D eigenvalue weighted by atomic mass is 35.5. The van der Waals surface area contributed by atoms with Crippen LogP contribution in [0.4, 0.5) is 0 Å². The Kier molecular flexibility index (Phi) is 4.41. The van der Waals surface area contributed by atoms with E-state index >= 15 is 0 Å². The fourth-order valence-electron chi connectivity index (χ4n) is 1.69. The van der Waals surface area contributed by atoms with Gasteiger partial charge in [0.1, 0.15) is 0 Å². The third-order valence-corrected chi connectivity index (χ3v) is 4.30. The summed E-state index contributed by atoms with van der Waals surface area (Å²) in [6, 6.07) is 10.2.